The zero-order chi connectivity index (χ0) is 11.7. The number of nitrogens with one attached hydrogen (secondary N) is 1. The lowest BCUT2D eigenvalue weighted by Gasteiger charge is -2.06. The summed E-state index contributed by atoms with van der Waals surface area (Å²) >= 11 is 17.9. The Morgan fingerprint density at radius 1 is 0.938 bits per heavy atom. The average molecular weight is 275 g/mol. The highest BCUT2D eigenvalue weighted by Crippen LogP contribution is 2.35. The first-order valence-corrected chi connectivity index (χ1v) is 5.56. The summed E-state index contributed by atoms with van der Waals surface area (Å²) in [7, 11) is 0. The standard InChI is InChI=1S/C11H6Cl3NO/c12-8-3-1-2-6(9(8)13)7-4-5-15-11(16)10(7)14/h1-5H,(H,15,16). The van der Waals surface area contributed by atoms with Gasteiger partial charge in [0.15, 0.2) is 0 Å². The van der Waals surface area contributed by atoms with Gasteiger partial charge in [0.25, 0.3) is 5.56 Å². The number of aromatic nitrogens is 1. The Morgan fingerprint density at radius 3 is 2.38 bits per heavy atom. The van der Waals surface area contributed by atoms with Crippen molar-refractivity contribution in [2.75, 3.05) is 0 Å². The van der Waals surface area contributed by atoms with Crippen LogP contribution in [0.5, 0.6) is 0 Å². The first-order valence-electron chi connectivity index (χ1n) is 4.43. The fourth-order valence-electron chi connectivity index (χ4n) is 1.38. The second kappa shape index (κ2) is 4.50. The smallest absolute Gasteiger partial charge is 0.267 e. The molecule has 1 N–H and O–H groups in total. The normalized spacial score (nSPS) is 10.4. The Morgan fingerprint density at radius 2 is 1.62 bits per heavy atom. The molecule has 1 aromatic carbocycles. The van der Waals surface area contributed by atoms with E-state index in [9.17, 15) is 4.79 Å². The average Bonchev–Trinajstić information content (AvgIpc) is 2.27. The van der Waals surface area contributed by atoms with E-state index in [0.29, 0.717) is 21.2 Å². The lowest BCUT2D eigenvalue weighted by Crippen LogP contribution is -2.05. The van der Waals surface area contributed by atoms with Crippen molar-refractivity contribution in [2.24, 2.45) is 0 Å². The van der Waals surface area contributed by atoms with Crippen LogP contribution in [0.25, 0.3) is 11.1 Å². The molecule has 0 bridgehead atoms. The third-order valence-electron chi connectivity index (χ3n) is 2.14. The third kappa shape index (κ3) is 1.96. The first-order chi connectivity index (χ1) is 7.61. The zero-order valence-electron chi connectivity index (χ0n) is 7.93. The van der Waals surface area contributed by atoms with Gasteiger partial charge in [-0.1, -0.05) is 46.9 Å². The van der Waals surface area contributed by atoms with Crippen LogP contribution in [-0.2, 0) is 0 Å². The monoisotopic (exact) mass is 273 g/mol. The molecule has 0 spiro atoms. The summed E-state index contributed by atoms with van der Waals surface area (Å²) in [5.74, 6) is 0. The van der Waals surface area contributed by atoms with Gasteiger partial charge in [0.1, 0.15) is 5.02 Å². The Bertz CT molecular complexity index is 592. The number of halogens is 3. The number of benzene rings is 1. The molecule has 82 valence electrons. The molecular weight excluding hydrogens is 268 g/mol. The third-order valence-corrected chi connectivity index (χ3v) is 3.34. The Hall–Kier alpha value is -0.960. The van der Waals surface area contributed by atoms with Crippen molar-refractivity contribution >= 4 is 34.8 Å². The molecule has 0 saturated heterocycles. The summed E-state index contributed by atoms with van der Waals surface area (Å²) in [6, 6.07) is 6.87. The fourth-order valence-corrected chi connectivity index (χ4v) is 2.00. The number of H-pyrrole nitrogens is 1. The predicted octanol–water partition coefficient (Wildman–Crippen LogP) is 4.00. The Kier molecular flexibility index (Phi) is 3.24. The molecule has 0 aliphatic heterocycles. The number of hydrogen-bond acceptors (Lipinski definition) is 1. The van der Waals surface area contributed by atoms with E-state index in [1.165, 1.54) is 6.20 Å². The van der Waals surface area contributed by atoms with E-state index in [0.717, 1.165) is 0 Å². The van der Waals surface area contributed by atoms with Crippen LogP contribution in [0, 0.1) is 0 Å². The number of aromatic amines is 1. The van der Waals surface area contributed by atoms with Crippen LogP contribution >= 0.6 is 34.8 Å². The number of hydrogen-bond donors (Lipinski definition) is 1. The van der Waals surface area contributed by atoms with Gasteiger partial charge < -0.3 is 4.98 Å². The zero-order valence-corrected chi connectivity index (χ0v) is 10.2. The fraction of sp³-hybridized carbons (Fsp3) is 0. The van der Waals surface area contributed by atoms with Crippen LogP contribution in [0.15, 0.2) is 35.3 Å². The maximum atomic E-state index is 11.3. The lowest BCUT2D eigenvalue weighted by atomic mass is 10.1. The second-order valence-electron chi connectivity index (χ2n) is 3.14. The van der Waals surface area contributed by atoms with E-state index in [1.807, 2.05) is 0 Å². The topological polar surface area (TPSA) is 32.9 Å². The van der Waals surface area contributed by atoms with E-state index in [1.54, 1.807) is 24.3 Å². The highest BCUT2D eigenvalue weighted by Gasteiger charge is 2.11. The molecule has 2 rings (SSSR count). The van der Waals surface area contributed by atoms with Gasteiger partial charge in [-0.25, -0.2) is 0 Å². The largest absolute Gasteiger partial charge is 0.328 e. The summed E-state index contributed by atoms with van der Waals surface area (Å²) < 4.78 is 0. The van der Waals surface area contributed by atoms with Gasteiger partial charge in [-0.15, -0.1) is 0 Å². The molecule has 1 aromatic heterocycles. The highest BCUT2D eigenvalue weighted by molar-refractivity contribution is 6.44. The molecule has 0 saturated carbocycles. The summed E-state index contributed by atoms with van der Waals surface area (Å²) in [5, 5.41) is 0.916. The molecule has 0 fully saturated rings. The first kappa shape index (κ1) is 11.5. The summed E-state index contributed by atoms with van der Waals surface area (Å²) in [6.07, 6.45) is 1.51. The molecule has 0 aliphatic rings. The number of rotatable bonds is 1. The van der Waals surface area contributed by atoms with Crippen molar-refractivity contribution in [1.29, 1.82) is 0 Å². The molecule has 0 aliphatic carbocycles. The van der Waals surface area contributed by atoms with Crippen LogP contribution in [0.4, 0.5) is 0 Å². The van der Waals surface area contributed by atoms with Gasteiger partial charge >= 0.3 is 0 Å². The molecule has 2 nitrogen and oxygen atoms in total. The van der Waals surface area contributed by atoms with Crippen molar-refractivity contribution < 1.29 is 0 Å². The summed E-state index contributed by atoms with van der Waals surface area (Å²) in [6.45, 7) is 0. The molecule has 0 amide bonds. The minimum atomic E-state index is -0.352. The van der Waals surface area contributed by atoms with Gasteiger partial charge in [-0.2, -0.15) is 0 Å². The Labute approximate surface area is 107 Å². The van der Waals surface area contributed by atoms with E-state index in [-0.39, 0.29) is 10.6 Å². The van der Waals surface area contributed by atoms with E-state index in [2.05, 4.69) is 4.98 Å². The summed E-state index contributed by atoms with van der Waals surface area (Å²) in [5.41, 5.74) is 0.860. The van der Waals surface area contributed by atoms with E-state index >= 15 is 0 Å². The molecule has 0 unspecified atom stereocenters. The van der Waals surface area contributed by atoms with Gasteiger partial charge in [0, 0.05) is 17.3 Å². The van der Waals surface area contributed by atoms with Gasteiger partial charge in [-0.3, -0.25) is 4.79 Å². The second-order valence-corrected chi connectivity index (χ2v) is 4.30. The molecule has 0 atom stereocenters. The van der Waals surface area contributed by atoms with Crippen molar-refractivity contribution in [3.05, 3.63) is 55.9 Å². The Balaban J connectivity index is 2.73. The van der Waals surface area contributed by atoms with Gasteiger partial charge in [0.2, 0.25) is 0 Å². The maximum Gasteiger partial charge on any atom is 0.267 e. The maximum absolute atomic E-state index is 11.3. The van der Waals surface area contributed by atoms with Crippen LogP contribution in [0.2, 0.25) is 15.1 Å². The minimum Gasteiger partial charge on any atom is -0.328 e. The quantitative estimate of drug-likeness (QED) is 0.837. The van der Waals surface area contributed by atoms with Crippen LogP contribution in [0.1, 0.15) is 0 Å². The minimum absolute atomic E-state index is 0.103. The van der Waals surface area contributed by atoms with Crippen molar-refractivity contribution in [1.82, 2.24) is 4.98 Å². The molecule has 16 heavy (non-hydrogen) atoms. The van der Waals surface area contributed by atoms with Crippen LogP contribution < -0.4 is 5.56 Å². The van der Waals surface area contributed by atoms with Gasteiger partial charge in [-0.05, 0) is 12.1 Å². The molecule has 1 heterocycles. The predicted molar refractivity (Wildman–Crippen MR) is 67.5 cm³/mol. The van der Waals surface area contributed by atoms with E-state index in [4.69, 9.17) is 34.8 Å². The van der Waals surface area contributed by atoms with Crippen molar-refractivity contribution in [3.8, 4) is 11.1 Å². The summed E-state index contributed by atoms with van der Waals surface area (Å²) in [4.78, 5) is 13.8. The van der Waals surface area contributed by atoms with Gasteiger partial charge in [0.05, 0.1) is 10.0 Å². The van der Waals surface area contributed by atoms with Crippen LogP contribution in [0.3, 0.4) is 0 Å². The molecule has 2 aromatic rings. The van der Waals surface area contributed by atoms with Crippen molar-refractivity contribution in [3.63, 3.8) is 0 Å². The van der Waals surface area contributed by atoms with Crippen LogP contribution in [-0.4, -0.2) is 4.98 Å². The number of pyridine rings is 1. The lowest BCUT2D eigenvalue weighted by molar-refractivity contribution is 1.24. The molecule has 5 heteroatoms. The molecule has 0 radical (unpaired) electrons. The highest BCUT2D eigenvalue weighted by atomic mass is 35.5. The van der Waals surface area contributed by atoms with E-state index < -0.39 is 0 Å². The van der Waals surface area contributed by atoms with Crippen molar-refractivity contribution in [2.45, 2.75) is 0 Å². The SMILES string of the molecule is O=c1[nH]ccc(-c2cccc(Cl)c2Cl)c1Cl. The molecular formula is C11H6Cl3NO.